The molecule has 0 unspecified atom stereocenters. The van der Waals surface area contributed by atoms with Crippen LogP contribution in [-0.2, 0) is 16.0 Å². The van der Waals surface area contributed by atoms with Crippen LogP contribution in [0.5, 0.6) is 5.88 Å². The molecule has 6 nitrogen and oxygen atoms in total. The van der Waals surface area contributed by atoms with Crippen LogP contribution in [-0.4, -0.2) is 36.1 Å². The molecule has 3 rings (SSSR count). The van der Waals surface area contributed by atoms with Crippen molar-refractivity contribution in [1.82, 2.24) is 4.98 Å². The molecule has 26 heavy (non-hydrogen) atoms. The smallest absolute Gasteiger partial charge is 0.344 e. The van der Waals surface area contributed by atoms with Crippen molar-refractivity contribution in [3.8, 4) is 5.88 Å². The molecular formula is C20H22N2O4. The zero-order chi connectivity index (χ0) is 18.5. The number of benzene rings is 1. The van der Waals surface area contributed by atoms with Gasteiger partial charge in [0, 0.05) is 18.4 Å². The normalized spacial score (nSPS) is 14.3. The first-order chi connectivity index (χ1) is 12.6. The Morgan fingerprint density at radius 1 is 1.23 bits per heavy atom. The van der Waals surface area contributed by atoms with E-state index < -0.39 is 12.1 Å². The predicted molar refractivity (Wildman–Crippen MR) is 97.4 cm³/mol. The highest BCUT2D eigenvalue weighted by Crippen LogP contribution is 2.27. The third kappa shape index (κ3) is 3.69. The Hall–Kier alpha value is -2.89. The van der Waals surface area contributed by atoms with E-state index in [4.69, 9.17) is 9.47 Å². The molecule has 0 aliphatic carbocycles. The number of nitrogens with zero attached hydrogens (tertiary/aromatic N) is 2. The summed E-state index contributed by atoms with van der Waals surface area (Å²) in [4.78, 5) is 31.1. The molecule has 0 saturated carbocycles. The minimum atomic E-state index is -0.900. The van der Waals surface area contributed by atoms with Gasteiger partial charge in [-0.05, 0) is 50.5 Å². The second-order valence-corrected chi connectivity index (χ2v) is 6.06. The highest BCUT2D eigenvalue weighted by atomic mass is 16.6. The van der Waals surface area contributed by atoms with Gasteiger partial charge in [-0.3, -0.25) is 4.79 Å². The van der Waals surface area contributed by atoms with Crippen LogP contribution in [0.2, 0.25) is 0 Å². The molecule has 1 aromatic carbocycles. The molecule has 1 aliphatic heterocycles. The molecule has 6 heteroatoms. The molecule has 0 fully saturated rings. The molecule has 1 aromatic heterocycles. The lowest BCUT2D eigenvalue weighted by Gasteiger charge is -2.31. The van der Waals surface area contributed by atoms with Crippen molar-refractivity contribution in [2.75, 3.05) is 18.1 Å². The summed E-state index contributed by atoms with van der Waals surface area (Å²) in [5.41, 5.74) is 2.24. The zero-order valence-corrected chi connectivity index (χ0v) is 15.0. The van der Waals surface area contributed by atoms with Gasteiger partial charge in [0.05, 0.1) is 6.61 Å². The van der Waals surface area contributed by atoms with Gasteiger partial charge in [0.15, 0.2) is 6.10 Å². The van der Waals surface area contributed by atoms with Crippen molar-refractivity contribution in [1.29, 1.82) is 0 Å². The van der Waals surface area contributed by atoms with Crippen LogP contribution in [0.4, 0.5) is 5.69 Å². The molecule has 0 bridgehead atoms. The Kier molecular flexibility index (Phi) is 5.51. The summed E-state index contributed by atoms with van der Waals surface area (Å²) < 4.78 is 10.8. The highest BCUT2D eigenvalue weighted by molar-refractivity contribution is 6.00. The van der Waals surface area contributed by atoms with Crippen LogP contribution in [0.3, 0.4) is 0 Å². The maximum Gasteiger partial charge on any atom is 0.344 e. The number of fused-ring (bicyclic) bond motifs is 1. The van der Waals surface area contributed by atoms with E-state index in [1.165, 1.54) is 0 Å². The van der Waals surface area contributed by atoms with Gasteiger partial charge in [0.25, 0.3) is 5.91 Å². The summed E-state index contributed by atoms with van der Waals surface area (Å²) in [6, 6.07) is 11.0. The van der Waals surface area contributed by atoms with Crippen LogP contribution >= 0.6 is 0 Å². The Balaban J connectivity index is 1.73. The van der Waals surface area contributed by atoms with Gasteiger partial charge in [-0.2, -0.15) is 0 Å². The number of amides is 1. The number of pyridine rings is 1. The lowest BCUT2D eigenvalue weighted by Crippen LogP contribution is -2.42. The van der Waals surface area contributed by atoms with Crippen LogP contribution < -0.4 is 9.64 Å². The van der Waals surface area contributed by atoms with E-state index in [2.05, 4.69) is 4.98 Å². The summed E-state index contributed by atoms with van der Waals surface area (Å²) in [5, 5.41) is 0. The minimum Gasteiger partial charge on any atom is -0.477 e. The number of aryl methyl sites for hydroxylation is 1. The summed E-state index contributed by atoms with van der Waals surface area (Å²) in [6.07, 6.45) is 2.48. The van der Waals surface area contributed by atoms with Gasteiger partial charge < -0.3 is 14.4 Å². The van der Waals surface area contributed by atoms with E-state index >= 15 is 0 Å². The van der Waals surface area contributed by atoms with Crippen molar-refractivity contribution in [2.24, 2.45) is 0 Å². The first kappa shape index (κ1) is 17.9. The molecule has 1 aliphatic rings. The number of ether oxygens (including phenoxy) is 2. The Morgan fingerprint density at radius 3 is 2.85 bits per heavy atom. The first-order valence-electron chi connectivity index (χ1n) is 8.80. The maximum atomic E-state index is 12.8. The standard InChI is InChI=1S/C20H22N2O4/c1-3-25-18-16(10-6-12-21-18)20(24)26-14(2)19(23)22-13-7-9-15-8-4-5-11-17(15)22/h4-6,8,10-12,14H,3,7,9,13H2,1-2H3/t14-/m0/s1. The largest absolute Gasteiger partial charge is 0.477 e. The van der Waals surface area contributed by atoms with E-state index in [-0.39, 0.29) is 17.4 Å². The van der Waals surface area contributed by atoms with Crippen LogP contribution in [0, 0.1) is 0 Å². The molecular weight excluding hydrogens is 332 g/mol. The summed E-state index contributed by atoms with van der Waals surface area (Å²) in [6.45, 7) is 4.41. The van der Waals surface area contributed by atoms with E-state index in [0.29, 0.717) is 13.2 Å². The SMILES string of the molecule is CCOc1ncccc1C(=O)O[C@@H](C)C(=O)N1CCCc2ccccc21. The third-order valence-electron chi connectivity index (χ3n) is 4.28. The van der Waals surface area contributed by atoms with Gasteiger partial charge in [0.1, 0.15) is 5.56 Å². The van der Waals surface area contributed by atoms with E-state index in [9.17, 15) is 9.59 Å². The quantitative estimate of drug-likeness (QED) is 0.772. The number of hydrogen-bond donors (Lipinski definition) is 0. The Morgan fingerprint density at radius 2 is 2.04 bits per heavy atom. The summed E-state index contributed by atoms with van der Waals surface area (Å²) >= 11 is 0. The predicted octanol–water partition coefficient (Wildman–Crippen LogP) is 3.01. The minimum absolute atomic E-state index is 0.211. The fraction of sp³-hybridized carbons (Fsp3) is 0.350. The van der Waals surface area contributed by atoms with Crippen molar-refractivity contribution >= 4 is 17.6 Å². The highest BCUT2D eigenvalue weighted by Gasteiger charge is 2.29. The molecule has 0 radical (unpaired) electrons. The third-order valence-corrected chi connectivity index (χ3v) is 4.28. The topological polar surface area (TPSA) is 68.7 Å². The number of anilines is 1. The molecule has 2 aromatic rings. The molecule has 0 saturated heterocycles. The molecule has 1 atom stereocenters. The van der Waals surface area contributed by atoms with Crippen LogP contribution in [0.25, 0.3) is 0 Å². The first-order valence-corrected chi connectivity index (χ1v) is 8.80. The molecule has 0 spiro atoms. The summed E-state index contributed by atoms with van der Waals surface area (Å²) in [5.74, 6) is -0.636. The number of hydrogen-bond acceptors (Lipinski definition) is 5. The Labute approximate surface area is 152 Å². The maximum absolute atomic E-state index is 12.8. The molecule has 136 valence electrons. The lowest BCUT2D eigenvalue weighted by molar-refractivity contribution is -0.126. The zero-order valence-electron chi connectivity index (χ0n) is 15.0. The van der Waals surface area contributed by atoms with Crippen LogP contribution in [0.1, 0.15) is 36.2 Å². The number of esters is 1. The van der Waals surface area contributed by atoms with E-state index in [1.807, 2.05) is 31.2 Å². The van der Waals surface area contributed by atoms with Crippen molar-refractivity contribution in [2.45, 2.75) is 32.8 Å². The number of carbonyl (C=O) groups is 2. The lowest BCUT2D eigenvalue weighted by atomic mass is 10.0. The van der Waals surface area contributed by atoms with E-state index in [1.54, 1.807) is 30.2 Å². The Bertz CT molecular complexity index is 806. The van der Waals surface area contributed by atoms with Crippen molar-refractivity contribution < 1.29 is 19.1 Å². The molecule has 0 N–H and O–H groups in total. The average Bonchev–Trinajstić information content (AvgIpc) is 2.67. The van der Waals surface area contributed by atoms with Crippen molar-refractivity contribution in [3.05, 3.63) is 53.7 Å². The second-order valence-electron chi connectivity index (χ2n) is 6.06. The fourth-order valence-electron chi connectivity index (χ4n) is 3.05. The molecule has 1 amide bonds. The van der Waals surface area contributed by atoms with Gasteiger partial charge in [-0.1, -0.05) is 18.2 Å². The molecule has 2 heterocycles. The van der Waals surface area contributed by atoms with Gasteiger partial charge >= 0.3 is 5.97 Å². The number of para-hydroxylation sites is 1. The summed E-state index contributed by atoms with van der Waals surface area (Å²) in [7, 11) is 0. The van der Waals surface area contributed by atoms with Crippen molar-refractivity contribution in [3.63, 3.8) is 0 Å². The van der Waals surface area contributed by atoms with Gasteiger partial charge in [0.2, 0.25) is 5.88 Å². The second kappa shape index (κ2) is 7.99. The fourth-order valence-corrected chi connectivity index (χ4v) is 3.05. The van der Waals surface area contributed by atoms with Gasteiger partial charge in [-0.25, -0.2) is 9.78 Å². The van der Waals surface area contributed by atoms with Gasteiger partial charge in [-0.15, -0.1) is 0 Å². The monoisotopic (exact) mass is 354 g/mol. The number of carbonyl (C=O) groups excluding carboxylic acids is 2. The average molecular weight is 354 g/mol. The van der Waals surface area contributed by atoms with E-state index in [0.717, 1.165) is 24.1 Å². The number of aromatic nitrogens is 1. The number of rotatable bonds is 5. The van der Waals surface area contributed by atoms with Crippen LogP contribution in [0.15, 0.2) is 42.6 Å².